The molecule has 0 unspecified atom stereocenters. The number of pyridine rings is 1. The standard InChI is InChI=1S/C21H23ClN4O4/c1-12(24-20(28)30-21(2,3)4)18-25-16-8-6-7-15(22)17(16)19(27)26(18)13-9-14(29-5)11-23-10-13/h6-12H,1-5H3,(H,24,28)/t12-/m0/s1. The fourth-order valence-corrected chi connectivity index (χ4v) is 3.19. The molecule has 0 saturated carbocycles. The molecule has 0 radical (unpaired) electrons. The maximum atomic E-state index is 13.4. The molecule has 1 atom stereocenters. The summed E-state index contributed by atoms with van der Waals surface area (Å²) < 4.78 is 11.9. The second-order valence-electron chi connectivity index (χ2n) is 7.70. The van der Waals surface area contributed by atoms with Gasteiger partial charge in [0.25, 0.3) is 5.56 Å². The van der Waals surface area contributed by atoms with Crippen LogP contribution in [0.15, 0.2) is 41.5 Å². The minimum atomic E-state index is -0.662. The Bertz CT molecular complexity index is 1150. The van der Waals surface area contributed by atoms with Gasteiger partial charge in [0.1, 0.15) is 17.2 Å². The van der Waals surface area contributed by atoms with Crippen molar-refractivity contribution in [2.75, 3.05) is 7.11 Å². The van der Waals surface area contributed by atoms with Crippen molar-refractivity contribution in [2.24, 2.45) is 0 Å². The van der Waals surface area contributed by atoms with Crippen LogP contribution in [0.4, 0.5) is 4.79 Å². The zero-order valence-corrected chi connectivity index (χ0v) is 18.1. The molecular formula is C21H23ClN4O4. The van der Waals surface area contributed by atoms with Gasteiger partial charge in [0.2, 0.25) is 0 Å². The molecule has 0 aliphatic rings. The third-order valence-corrected chi connectivity index (χ3v) is 4.50. The summed E-state index contributed by atoms with van der Waals surface area (Å²) in [6.07, 6.45) is 2.42. The molecule has 9 heteroatoms. The van der Waals surface area contributed by atoms with Crippen LogP contribution in [0.5, 0.6) is 5.75 Å². The number of methoxy groups -OCH3 is 1. The highest BCUT2D eigenvalue weighted by molar-refractivity contribution is 6.35. The molecule has 0 fully saturated rings. The maximum absolute atomic E-state index is 13.4. The lowest BCUT2D eigenvalue weighted by molar-refractivity contribution is 0.0505. The molecule has 1 N–H and O–H groups in total. The lowest BCUT2D eigenvalue weighted by Crippen LogP contribution is -2.37. The summed E-state index contributed by atoms with van der Waals surface area (Å²) in [4.78, 5) is 34.5. The highest BCUT2D eigenvalue weighted by Crippen LogP contribution is 2.24. The van der Waals surface area contributed by atoms with Crippen LogP contribution >= 0.6 is 11.6 Å². The first-order valence-electron chi connectivity index (χ1n) is 9.31. The molecule has 2 heterocycles. The summed E-state index contributed by atoms with van der Waals surface area (Å²) in [5.74, 6) is 0.771. The van der Waals surface area contributed by atoms with E-state index in [1.807, 2.05) is 0 Å². The van der Waals surface area contributed by atoms with E-state index in [4.69, 9.17) is 21.1 Å². The Balaban J connectivity index is 2.19. The van der Waals surface area contributed by atoms with Gasteiger partial charge in [0.15, 0.2) is 0 Å². The summed E-state index contributed by atoms with van der Waals surface area (Å²) in [6, 6.07) is 6.04. The second kappa shape index (κ2) is 8.31. The SMILES string of the molecule is COc1cncc(-n2c([C@H](C)NC(=O)OC(C)(C)C)nc3cccc(Cl)c3c2=O)c1. The van der Waals surface area contributed by atoms with E-state index >= 15 is 0 Å². The Morgan fingerprint density at radius 2 is 2.00 bits per heavy atom. The lowest BCUT2D eigenvalue weighted by Gasteiger charge is -2.23. The molecule has 0 aliphatic carbocycles. The maximum Gasteiger partial charge on any atom is 0.408 e. The van der Waals surface area contributed by atoms with Crippen molar-refractivity contribution in [3.8, 4) is 11.4 Å². The molecule has 3 aromatic rings. The number of nitrogens with one attached hydrogen (secondary N) is 1. The molecule has 0 bridgehead atoms. The molecule has 1 aromatic carbocycles. The molecule has 30 heavy (non-hydrogen) atoms. The number of hydrogen-bond acceptors (Lipinski definition) is 6. The normalized spacial score (nSPS) is 12.5. The Kier molecular flexibility index (Phi) is 5.98. The van der Waals surface area contributed by atoms with E-state index in [1.54, 1.807) is 52.0 Å². The van der Waals surface area contributed by atoms with Crippen molar-refractivity contribution in [3.63, 3.8) is 0 Å². The smallest absolute Gasteiger partial charge is 0.408 e. The van der Waals surface area contributed by atoms with E-state index in [2.05, 4.69) is 15.3 Å². The fraction of sp³-hybridized carbons (Fsp3) is 0.333. The Morgan fingerprint density at radius 3 is 2.67 bits per heavy atom. The molecular weight excluding hydrogens is 408 g/mol. The molecule has 0 aliphatic heterocycles. The molecule has 1 amide bonds. The van der Waals surface area contributed by atoms with Gasteiger partial charge < -0.3 is 14.8 Å². The predicted octanol–water partition coefficient (Wildman–Crippen LogP) is 4.03. The largest absolute Gasteiger partial charge is 0.495 e. The third-order valence-electron chi connectivity index (χ3n) is 4.19. The minimum Gasteiger partial charge on any atom is -0.495 e. The molecule has 158 valence electrons. The van der Waals surface area contributed by atoms with Gasteiger partial charge in [-0.15, -0.1) is 0 Å². The van der Waals surface area contributed by atoms with Crippen molar-refractivity contribution in [1.82, 2.24) is 19.9 Å². The van der Waals surface area contributed by atoms with Gasteiger partial charge in [0.05, 0.1) is 47.2 Å². The van der Waals surface area contributed by atoms with Crippen molar-refractivity contribution in [2.45, 2.75) is 39.3 Å². The molecule has 8 nitrogen and oxygen atoms in total. The van der Waals surface area contributed by atoms with Gasteiger partial charge in [0, 0.05) is 6.07 Å². The van der Waals surface area contributed by atoms with Gasteiger partial charge in [-0.2, -0.15) is 0 Å². The number of carbonyl (C=O) groups is 1. The first-order chi connectivity index (χ1) is 14.1. The topological polar surface area (TPSA) is 95.3 Å². The number of rotatable bonds is 4. The van der Waals surface area contributed by atoms with E-state index in [9.17, 15) is 9.59 Å². The summed E-state index contributed by atoms with van der Waals surface area (Å²) in [7, 11) is 1.51. The molecule has 2 aromatic heterocycles. The van der Waals surface area contributed by atoms with E-state index < -0.39 is 17.7 Å². The van der Waals surface area contributed by atoms with Gasteiger partial charge in [-0.05, 0) is 39.8 Å². The highest BCUT2D eigenvalue weighted by atomic mass is 35.5. The van der Waals surface area contributed by atoms with Crippen LogP contribution in [0.1, 0.15) is 39.6 Å². The van der Waals surface area contributed by atoms with Crippen LogP contribution in [0.3, 0.4) is 0 Å². The van der Waals surface area contributed by atoms with Crippen LogP contribution in [-0.4, -0.2) is 33.3 Å². The predicted molar refractivity (Wildman–Crippen MR) is 114 cm³/mol. The van der Waals surface area contributed by atoms with Crippen LogP contribution in [0.25, 0.3) is 16.6 Å². The fourth-order valence-electron chi connectivity index (χ4n) is 2.94. The molecule has 3 rings (SSSR count). The summed E-state index contributed by atoms with van der Waals surface area (Å²) >= 11 is 6.29. The summed E-state index contributed by atoms with van der Waals surface area (Å²) in [5.41, 5.74) is -0.188. The van der Waals surface area contributed by atoms with Crippen LogP contribution in [-0.2, 0) is 4.74 Å². The highest BCUT2D eigenvalue weighted by Gasteiger charge is 2.23. The van der Waals surface area contributed by atoms with Gasteiger partial charge in [-0.3, -0.25) is 14.3 Å². The number of carbonyl (C=O) groups excluding carboxylic acids is 1. The Labute approximate surface area is 178 Å². The monoisotopic (exact) mass is 430 g/mol. The van der Waals surface area contributed by atoms with E-state index in [0.29, 0.717) is 22.8 Å². The van der Waals surface area contributed by atoms with E-state index in [1.165, 1.54) is 24.1 Å². The number of alkyl carbamates (subject to hydrolysis) is 1. The number of nitrogens with zero attached hydrogens (tertiary/aromatic N) is 3. The lowest BCUT2D eigenvalue weighted by atomic mass is 10.2. The van der Waals surface area contributed by atoms with Crippen molar-refractivity contribution < 1.29 is 14.3 Å². The Hall–Kier alpha value is -3.13. The number of amides is 1. The third kappa shape index (κ3) is 4.54. The minimum absolute atomic E-state index is 0.273. The van der Waals surface area contributed by atoms with Crippen LogP contribution in [0.2, 0.25) is 5.02 Å². The number of benzene rings is 1. The molecule has 0 saturated heterocycles. The first kappa shape index (κ1) is 21.6. The van der Waals surface area contributed by atoms with Gasteiger partial charge in [-0.1, -0.05) is 17.7 Å². The average molecular weight is 431 g/mol. The van der Waals surface area contributed by atoms with Crippen molar-refractivity contribution in [1.29, 1.82) is 0 Å². The van der Waals surface area contributed by atoms with Crippen molar-refractivity contribution >= 4 is 28.6 Å². The number of ether oxygens (including phenoxy) is 2. The van der Waals surface area contributed by atoms with E-state index in [-0.39, 0.29) is 16.0 Å². The number of fused-ring (bicyclic) bond motifs is 1. The summed E-state index contributed by atoms with van der Waals surface area (Å²) in [6.45, 7) is 7.02. The average Bonchev–Trinajstić information content (AvgIpc) is 2.66. The van der Waals surface area contributed by atoms with Crippen molar-refractivity contribution in [3.05, 3.63) is 57.9 Å². The quantitative estimate of drug-likeness (QED) is 0.671. The zero-order valence-electron chi connectivity index (χ0n) is 17.4. The summed E-state index contributed by atoms with van der Waals surface area (Å²) in [5, 5.41) is 3.29. The second-order valence-corrected chi connectivity index (χ2v) is 8.10. The Morgan fingerprint density at radius 1 is 1.27 bits per heavy atom. The van der Waals surface area contributed by atoms with Crippen LogP contribution in [0, 0.1) is 0 Å². The number of aromatic nitrogens is 3. The van der Waals surface area contributed by atoms with Gasteiger partial charge >= 0.3 is 6.09 Å². The van der Waals surface area contributed by atoms with Gasteiger partial charge in [-0.25, -0.2) is 9.78 Å². The van der Waals surface area contributed by atoms with E-state index in [0.717, 1.165) is 0 Å². The van der Waals surface area contributed by atoms with Crippen LogP contribution < -0.4 is 15.6 Å². The number of halogens is 1. The first-order valence-corrected chi connectivity index (χ1v) is 9.68. The molecule has 0 spiro atoms. The zero-order chi connectivity index (χ0) is 22.1. The number of hydrogen-bond donors (Lipinski definition) is 1.